The zero-order valence-corrected chi connectivity index (χ0v) is 6.42. The minimum Gasteiger partial charge on any atom is -0.391 e. The number of aliphatic hydroxyl groups excluding tert-OH is 2. The van der Waals surface area contributed by atoms with Gasteiger partial charge in [-0.15, -0.1) is 0 Å². The molecule has 3 nitrogen and oxygen atoms in total. The van der Waals surface area contributed by atoms with E-state index >= 15 is 0 Å². The smallest absolute Gasteiger partial charge is 0.143 e. The Morgan fingerprint density at radius 2 is 2.20 bits per heavy atom. The van der Waals surface area contributed by atoms with Gasteiger partial charge < -0.3 is 14.9 Å². The summed E-state index contributed by atoms with van der Waals surface area (Å²) in [6, 6.07) is 0. The van der Waals surface area contributed by atoms with Gasteiger partial charge in [-0.25, -0.2) is 0 Å². The molecule has 3 heteroatoms. The molecule has 0 radical (unpaired) electrons. The quantitative estimate of drug-likeness (QED) is 0.539. The third-order valence-electron chi connectivity index (χ3n) is 1.29. The van der Waals surface area contributed by atoms with Gasteiger partial charge in [0.1, 0.15) is 6.79 Å². The minimum absolute atomic E-state index is 0.247. The topological polar surface area (TPSA) is 49.7 Å². The van der Waals surface area contributed by atoms with Crippen LogP contribution in [0.15, 0.2) is 0 Å². The fraction of sp³-hybridized carbons (Fsp3) is 1.00. The van der Waals surface area contributed by atoms with Crippen LogP contribution >= 0.6 is 0 Å². The number of rotatable bonds is 6. The van der Waals surface area contributed by atoms with Gasteiger partial charge in [0.2, 0.25) is 0 Å². The lowest BCUT2D eigenvalue weighted by Crippen LogP contribution is -2.15. The van der Waals surface area contributed by atoms with E-state index in [1.165, 1.54) is 0 Å². The van der Waals surface area contributed by atoms with Crippen molar-refractivity contribution in [2.45, 2.75) is 32.3 Å². The van der Waals surface area contributed by atoms with Crippen LogP contribution in [-0.2, 0) is 4.74 Å². The van der Waals surface area contributed by atoms with Crippen LogP contribution < -0.4 is 0 Å². The van der Waals surface area contributed by atoms with Crippen molar-refractivity contribution < 1.29 is 14.9 Å². The van der Waals surface area contributed by atoms with E-state index in [2.05, 4.69) is 11.7 Å². The average molecular weight is 148 g/mol. The molecule has 10 heavy (non-hydrogen) atoms. The van der Waals surface area contributed by atoms with Crippen LogP contribution in [0.5, 0.6) is 0 Å². The maximum atomic E-state index is 9.08. The lowest BCUT2D eigenvalue weighted by Gasteiger charge is -2.07. The molecule has 0 spiro atoms. The monoisotopic (exact) mass is 148 g/mol. The van der Waals surface area contributed by atoms with E-state index in [-0.39, 0.29) is 13.4 Å². The second-order valence-corrected chi connectivity index (χ2v) is 2.30. The summed E-state index contributed by atoms with van der Waals surface area (Å²) >= 11 is 0. The molecule has 1 unspecified atom stereocenters. The van der Waals surface area contributed by atoms with Crippen LogP contribution in [0.3, 0.4) is 0 Å². The van der Waals surface area contributed by atoms with Crippen LogP contribution in [0.2, 0.25) is 0 Å². The number of unbranched alkanes of at least 4 members (excludes halogenated alkanes) is 1. The van der Waals surface area contributed by atoms with Gasteiger partial charge in [-0.3, -0.25) is 0 Å². The van der Waals surface area contributed by atoms with Crippen LogP contribution in [0.4, 0.5) is 0 Å². The van der Waals surface area contributed by atoms with Crippen molar-refractivity contribution >= 4 is 0 Å². The van der Waals surface area contributed by atoms with Crippen molar-refractivity contribution in [3.63, 3.8) is 0 Å². The SMILES string of the molecule is CCCCC(O)COCO. The largest absolute Gasteiger partial charge is 0.391 e. The molecule has 0 aromatic rings. The maximum Gasteiger partial charge on any atom is 0.143 e. The third kappa shape index (κ3) is 6.01. The number of hydrogen-bond acceptors (Lipinski definition) is 3. The average Bonchev–Trinajstić information content (AvgIpc) is 1.97. The van der Waals surface area contributed by atoms with Gasteiger partial charge in [0.15, 0.2) is 0 Å². The fourth-order valence-electron chi connectivity index (χ4n) is 0.712. The molecule has 0 aromatic heterocycles. The van der Waals surface area contributed by atoms with E-state index in [0.717, 1.165) is 19.3 Å². The first kappa shape index (κ1) is 9.88. The van der Waals surface area contributed by atoms with Gasteiger partial charge in [-0.05, 0) is 6.42 Å². The lowest BCUT2D eigenvalue weighted by atomic mass is 10.2. The lowest BCUT2D eigenvalue weighted by molar-refractivity contribution is -0.0434. The molecule has 0 aromatic carbocycles. The molecule has 1 atom stereocenters. The van der Waals surface area contributed by atoms with Crippen LogP contribution in [0.1, 0.15) is 26.2 Å². The van der Waals surface area contributed by atoms with E-state index in [9.17, 15) is 0 Å². The molecule has 0 amide bonds. The van der Waals surface area contributed by atoms with Gasteiger partial charge in [-0.2, -0.15) is 0 Å². The van der Waals surface area contributed by atoms with Gasteiger partial charge in [-0.1, -0.05) is 19.8 Å². The summed E-state index contributed by atoms with van der Waals surface area (Å²) < 4.78 is 4.60. The van der Waals surface area contributed by atoms with Crippen molar-refractivity contribution in [1.82, 2.24) is 0 Å². The molecule has 0 aliphatic rings. The van der Waals surface area contributed by atoms with E-state index < -0.39 is 6.10 Å². The van der Waals surface area contributed by atoms with Crippen molar-refractivity contribution in [3.05, 3.63) is 0 Å². The minimum atomic E-state index is -0.410. The zero-order chi connectivity index (χ0) is 7.82. The second kappa shape index (κ2) is 6.99. The Morgan fingerprint density at radius 1 is 1.50 bits per heavy atom. The molecule has 0 bridgehead atoms. The summed E-state index contributed by atoms with van der Waals surface area (Å²) in [5.41, 5.74) is 0. The molecular formula is C7H16O3. The Morgan fingerprint density at radius 3 is 2.70 bits per heavy atom. The molecule has 0 aliphatic carbocycles. The van der Waals surface area contributed by atoms with Crippen LogP contribution in [0, 0.1) is 0 Å². The Bertz CT molecular complexity index is 57.9. The summed E-state index contributed by atoms with van der Waals surface area (Å²) in [4.78, 5) is 0. The van der Waals surface area contributed by atoms with Crippen molar-refractivity contribution in [2.24, 2.45) is 0 Å². The van der Waals surface area contributed by atoms with Crippen molar-refractivity contribution in [1.29, 1.82) is 0 Å². The molecule has 2 N–H and O–H groups in total. The Kier molecular flexibility index (Phi) is 6.91. The number of hydrogen-bond donors (Lipinski definition) is 2. The molecular weight excluding hydrogens is 132 g/mol. The second-order valence-electron chi connectivity index (χ2n) is 2.30. The van der Waals surface area contributed by atoms with Crippen molar-refractivity contribution in [2.75, 3.05) is 13.4 Å². The Labute approximate surface area is 61.6 Å². The summed E-state index contributed by atoms with van der Waals surface area (Å²) in [5.74, 6) is 0. The molecule has 0 heterocycles. The zero-order valence-electron chi connectivity index (χ0n) is 6.42. The van der Waals surface area contributed by atoms with Gasteiger partial charge in [0.05, 0.1) is 12.7 Å². The normalized spacial score (nSPS) is 13.5. The van der Waals surface area contributed by atoms with E-state index in [0.29, 0.717) is 0 Å². The molecule has 0 rings (SSSR count). The summed E-state index contributed by atoms with van der Waals surface area (Å²) in [7, 11) is 0. The van der Waals surface area contributed by atoms with E-state index in [4.69, 9.17) is 10.2 Å². The number of ether oxygens (including phenoxy) is 1. The van der Waals surface area contributed by atoms with Gasteiger partial charge in [0, 0.05) is 0 Å². The maximum absolute atomic E-state index is 9.08. The highest BCUT2D eigenvalue weighted by Crippen LogP contribution is 1.99. The highest BCUT2D eigenvalue weighted by Gasteiger charge is 2.01. The Hall–Kier alpha value is -0.120. The first-order chi connectivity index (χ1) is 4.81. The highest BCUT2D eigenvalue weighted by atomic mass is 16.6. The van der Waals surface area contributed by atoms with Crippen LogP contribution in [-0.4, -0.2) is 29.7 Å². The third-order valence-corrected chi connectivity index (χ3v) is 1.29. The molecule has 0 aliphatic heterocycles. The van der Waals surface area contributed by atoms with E-state index in [1.807, 2.05) is 0 Å². The Balaban J connectivity index is 3.00. The summed E-state index contributed by atoms with van der Waals surface area (Å²) in [6.45, 7) is 2.01. The highest BCUT2D eigenvalue weighted by molar-refractivity contribution is 4.51. The predicted molar refractivity (Wildman–Crippen MR) is 38.6 cm³/mol. The number of aliphatic hydroxyl groups is 2. The molecule has 0 saturated carbocycles. The molecule has 0 saturated heterocycles. The predicted octanol–water partition coefficient (Wildman–Crippen LogP) is 0.504. The standard InChI is InChI=1S/C7H16O3/c1-2-3-4-7(9)5-10-6-8/h7-9H,2-6H2,1H3. The summed E-state index contributed by atoms with van der Waals surface area (Å²) in [5, 5.41) is 17.3. The van der Waals surface area contributed by atoms with Gasteiger partial charge in [0.25, 0.3) is 0 Å². The van der Waals surface area contributed by atoms with E-state index in [1.54, 1.807) is 0 Å². The van der Waals surface area contributed by atoms with Gasteiger partial charge >= 0.3 is 0 Å². The fourth-order valence-corrected chi connectivity index (χ4v) is 0.712. The first-order valence-corrected chi connectivity index (χ1v) is 3.68. The van der Waals surface area contributed by atoms with Crippen LogP contribution in [0.25, 0.3) is 0 Å². The first-order valence-electron chi connectivity index (χ1n) is 3.68. The van der Waals surface area contributed by atoms with Crippen molar-refractivity contribution in [3.8, 4) is 0 Å². The molecule has 0 fully saturated rings. The summed E-state index contributed by atoms with van der Waals surface area (Å²) in [6.07, 6.45) is 2.44. The molecule has 62 valence electrons.